The maximum atomic E-state index is 12.0. The summed E-state index contributed by atoms with van der Waals surface area (Å²) < 4.78 is 20.7. The Morgan fingerprint density at radius 1 is 1.00 bits per heavy atom. The summed E-state index contributed by atoms with van der Waals surface area (Å²) in [5.74, 6) is 0.375. The molecule has 0 saturated carbocycles. The lowest BCUT2D eigenvalue weighted by molar-refractivity contribution is -0.136. The van der Waals surface area contributed by atoms with Crippen LogP contribution >= 0.6 is 11.6 Å². The molecule has 0 N–H and O–H groups in total. The van der Waals surface area contributed by atoms with Gasteiger partial charge in [0, 0.05) is 16.7 Å². The molecule has 2 rings (SSSR count). The van der Waals surface area contributed by atoms with Crippen LogP contribution in [-0.2, 0) is 9.53 Å². The number of carbonyl (C=O) groups excluding carboxylic acids is 2. The Morgan fingerprint density at radius 3 is 2.22 bits per heavy atom. The van der Waals surface area contributed by atoms with E-state index in [0.29, 0.717) is 33.4 Å². The first-order valence-electron chi connectivity index (χ1n) is 7.92. The first-order chi connectivity index (χ1) is 13.0. The molecule has 0 aliphatic heterocycles. The topological polar surface area (TPSA) is 71.1 Å². The zero-order valence-electron chi connectivity index (χ0n) is 15.2. The van der Waals surface area contributed by atoms with Crippen molar-refractivity contribution in [2.45, 2.75) is 0 Å². The molecule has 0 atom stereocenters. The Kier molecular flexibility index (Phi) is 7.25. The summed E-state index contributed by atoms with van der Waals surface area (Å²) in [6, 6.07) is 9.80. The van der Waals surface area contributed by atoms with Crippen molar-refractivity contribution >= 4 is 29.4 Å². The zero-order chi connectivity index (χ0) is 19.8. The molecular formula is C20H19ClO6. The lowest BCUT2D eigenvalue weighted by Crippen LogP contribution is -2.12. The van der Waals surface area contributed by atoms with Gasteiger partial charge in [0.25, 0.3) is 0 Å². The second-order valence-corrected chi connectivity index (χ2v) is 5.77. The summed E-state index contributed by atoms with van der Waals surface area (Å²) in [7, 11) is 4.51. The number of ketones is 1. The van der Waals surface area contributed by atoms with Crippen LogP contribution in [0.3, 0.4) is 0 Å². The summed E-state index contributed by atoms with van der Waals surface area (Å²) in [6.45, 7) is -0.376. The number of rotatable bonds is 8. The third-order valence-electron chi connectivity index (χ3n) is 3.59. The van der Waals surface area contributed by atoms with Gasteiger partial charge in [0.15, 0.2) is 23.9 Å². The van der Waals surface area contributed by atoms with Crippen LogP contribution in [0.4, 0.5) is 0 Å². The fourth-order valence-electron chi connectivity index (χ4n) is 2.29. The third kappa shape index (κ3) is 5.49. The molecule has 0 aliphatic rings. The van der Waals surface area contributed by atoms with Crippen molar-refractivity contribution in [1.82, 2.24) is 0 Å². The monoisotopic (exact) mass is 390 g/mol. The van der Waals surface area contributed by atoms with Crippen LogP contribution in [0.5, 0.6) is 17.2 Å². The average Bonchev–Trinajstić information content (AvgIpc) is 2.69. The number of hydrogen-bond donors (Lipinski definition) is 0. The number of Topliss-reactive ketones (excluding diaryl/α,β-unsaturated/α-hetero) is 1. The van der Waals surface area contributed by atoms with Crippen LogP contribution in [0.25, 0.3) is 6.08 Å². The van der Waals surface area contributed by atoms with Gasteiger partial charge in [0.05, 0.1) is 21.3 Å². The highest BCUT2D eigenvalue weighted by atomic mass is 35.5. The molecule has 2 aromatic rings. The second kappa shape index (κ2) is 9.64. The first-order valence-corrected chi connectivity index (χ1v) is 8.30. The minimum atomic E-state index is -0.654. The molecule has 27 heavy (non-hydrogen) atoms. The molecule has 0 unspecified atom stereocenters. The lowest BCUT2D eigenvalue weighted by Gasteiger charge is -2.12. The smallest absolute Gasteiger partial charge is 0.331 e. The molecule has 0 amide bonds. The molecule has 0 bridgehead atoms. The van der Waals surface area contributed by atoms with Crippen molar-refractivity contribution in [2.75, 3.05) is 27.9 Å². The van der Waals surface area contributed by atoms with E-state index in [1.165, 1.54) is 39.5 Å². The number of hydrogen-bond acceptors (Lipinski definition) is 6. The molecule has 7 heteroatoms. The molecule has 6 nitrogen and oxygen atoms in total. The average molecular weight is 391 g/mol. The fourth-order valence-corrected chi connectivity index (χ4v) is 2.48. The van der Waals surface area contributed by atoms with Gasteiger partial charge < -0.3 is 18.9 Å². The summed E-state index contributed by atoms with van der Waals surface area (Å²) in [5.41, 5.74) is 1.02. The van der Waals surface area contributed by atoms with Gasteiger partial charge in [-0.25, -0.2) is 4.79 Å². The minimum Gasteiger partial charge on any atom is -0.493 e. The first kappa shape index (κ1) is 20.3. The highest BCUT2D eigenvalue weighted by Gasteiger charge is 2.13. The molecule has 0 spiro atoms. The van der Waals surface area contributed by atoms with E-state index in [-0.39, 0.29) is 12.4 Å². The molecule has 0 radical (unpaired) electrons. The Labute approximate surface area is 162 Å². The maximum absolute atomic E-state index is 12.0. The number of benzene rings is 2. The van der Waals surface area contributed by atoms with Gasteiger partial charge in [0.2, 0.25) is 5.75 Å². The van der Waals surface area contributed by atoms with E-state index >= 15 is 0 Å². The van der Waals surface area contributed by atoms with Crippen molar-refractivity contribution < 1.29 is 28.5 Å². The Hall–Kier alpha value is -2.99. The highest BCUT2D eigenvalue weighted by Crippen LogP contribution is 2.38. The number of esters is 1. The minimum absolute atomic E-state index is 0.341. The Morgan fingerprint density at radius 2 is 1.67 bits per heavy atom. The number of ether oxygens (including phenoxy) is 4. The molecule has 0 heterocycles. The van der Waals surface area contributed by atoms with Crippen LogP contribution in [0.2, 0.25) is 5.02 Å². The van der Waals surface area contributed by atoms with E-state index in [4.69, 9.17) is 30.5 Å². The van der Waals surface area contributed by atoms with Crippen LogP contribution in [-0.4, -0.2) is 39.7 Å². The zero-order valence-corrected chi connectivity index (χ0v) is 15.9. The summed E-state index contributed by atoms with van der Waals surface area (Å²) in [6.07, 6.45) is 2.74. The standard InChI is InChI=1S/C20H19ClO6/c1-24-17-9-13(10-18(25-2)20(17)26-3)7-8-19(23)27-12-16(22)14-5-4-6-15(21)11-14/h4-11H,12H2,1-3H3. The van der Waals surface area contributed by atoms with Gasteiger partial charge in [-0.15, -0.1) is 0 Å². The largest absolute Gasteiger partial charge is 0.493 e. The van der Waals surface area contributed by atoms with Crippen LogP contribution in [0, 0.1) is 0 Å². The van der Waals surface area contributed by atoms with Crippen molar-refractivity contribution in [2.24, 2.45) is 0 Å². The van der Waals surface area contributed by atoms with Crippen LogP contribution in [0.1, 0.15) is 15.9 Å². The molecule has 0 aromatic heterocycles. The van der Waals surface area contributed by atoms with E-state index in [2.05, 4.69) is 0 Å². The second-order valence-electron chi connectivity index (χ2n) is 5.33. The summed E-state index contributed by atoms with van der Waals surface area (Å²) in [5, 5.41) is 0.439. The van der Waals surface area contributed by atoms with Crippen molar-refractivity contribution in [3.8, 4) is 17.2 Å². The van der Waals surface area contributed by atoms with Crippen molar-refractivity contribution in [3.05, 3.63) is 58.6 Å². The van der Waals surface area contributed by atoms with E-state index < -0.39 is 5.97 Å². The summed E-state index contributed by atoms with van der Waals surface area (Å²) in [4.78, 5) is 23.9. The van der Waals surface area contributed by atoms with Crippen molar-refractivity contribution in [1.29, 1.82) is 0 Å². The molecule has 142 valence electrons. The lowest BCUT2D eigenvalue weighted by atomic mass is 10.1. The highest BCUT2D eigenvalue weighted by molar-refractivity contribution is 6.31. The fraction of sp³-hybridized carbons (Fsp3) is 0.200. The number of halogens is 1. The molecule has 2 aromatic carbocycles. The van der Waals surface area contributed by atoms with E-state index in [0.717, 1.165) is 0 Å². The van der Waals surface area contributed by atoms with Crippen LogP contribution in [0.15, 0.2) is 42.5 Å². The van der Waals surface area contributed by atoms with Gasteiger partial charge in [-0.05, 0) is 35.9 Å². The van der Waals surface area contributed by atoms with Gasteiger partial charge >= 0.3 is 5.97 Å². The van der Waals surface area contributed by atoms with Gasteiger partial charge in [-0.1, -0.05) is 23.7 Å². The SMILES string of the molecule is COc1cc(C=CC(=O)OCC(=O)c2cccc(Cl)c2)cc(OC)c1OC. The summed E-state index contributed by atoms with van der Waals surface area (Å²) >= 11 is 5.84. The van der Waals surface area contributed by atoms with E-state index in [1.807, 2.05) is 0 Å². The quantitative estimate of drug-likeness (QED) is 0.388. The van der Waals surface area contributed by atoms with E-state index in [1.54, 1.807) is 30.3 Å². The molecular weight excluding hydrogens is 372 g/mol. The molecule has 0 fully saturated rings. The predicted octanol–water partition coefficient (Wildman–Crippen LogP) is 3.81. The number of methoxy groups -OCH3 is 3. The van der Waals surface area contributed by atoms with Gasteiger partial charge in [0.1, 0.15) is 0 Å². The Bertz CT molecular complexity index is 834. The normalized spacial score (nSPS) is 10.5. The van der Waals surface area contributed by atoms with Gasteiger partial charge in [-0.2, -0.15) is 0 Å². The maximum Gasteiger partial charge on any atom is 0.331 e. The van der Waals surface area contributed by atoms with E-state index in [9.17, 15) is 9.59 Å². The third-order valence-corrected chi connectivity index (χ3v) is 3.83. The van der Waals surface area contributed by atoms with Crippen molar-refractivity contribution in [3.63, 3.8) is 0 Å². The Balaban J connectivity index is 2.03. The van der Waals surface area contributed by atoms with Gasteiger partial charge in [-0.3, -0.25) is 4.79 Å². The van der Waals surface area contributed by atoms with Crippen LogP contribution < -0.4 is 14.2 Å². The predicted molar refractivity (Wildman–Crippen MR) is 102 cm³/mol. The number of carbonyl (C=O) groups is 2. The molecule has 0 saturated heterocycles. The molecule has 0 aliphatic carbocycles.